The third-order valence-electron chi connectivity index (χ3n) is 10.2. The van der Waals surface area contributed by atoms with Gasteiger partial charge in [-0.1, -0.05) is 84.9 Å². The number of hydrogen-bond acceptors (Lipinski definition) is 5. The highest BCUT2D eigenvalue weighted by molar-refractivity contribution is 7.26. The zero-order valence-corrected chi connectivity index (χ0v) is 29.3. The van der Waals surface area contributed by atoms with Gasteiger partial charge in [-0.05, 0) is 91.0 Å². The maximum Gasteiger partial charge on any atom is 0.137 e. The second kappa shape index (κ2) is 11.9. The molecule has 0 spiro atoms. The molecule has 0 amide bonds. The molecule has 5 heteroatoms. The summed E-state index contributed by atoms with van der Waals surface area (Å²) in [4.78, 5) is 4.72. The second-order valence-corrected chi connectivity index (χ2v) is 14.4. The van der Waals surface area contributed by atoms with E-state index in [4.69, 9.17) is 8.83 Å². The largest absolute Gasteiger partial charge is 0.456 e. The van der Waals surface area contributed by atoms with E-state index >= 15 is 0 Å². The number of rotatable bonds is 6. The van der Waals surface area contributed by atoms with E-state index in [-0.39, 0.29) is 0 Å². The SMILES string of the molecule is c1ccc(N(c2ccccc2)c2ccc3sc4cccc(N(c5ccc6c(c5)oc5ccccc56)c5cccc6oc7ccccc7c56)c4c3c2)cc1. The zero-order chi connectivity index (χ0) is 34.9. The third-order valence-corrected chi connectivity index (χ3v) is 11.4. The molecule has 11 rings (SSSR count). The summed E-state index contributed by atoms with van der Waals surface area (Å²) < 4.78 is 15.4. The van der Waals surface area contributed by atoms with E-state index in [0.717, 1.165) is 78.0 Å². The van der Waals surface area contributed by atoms with Crippen LogP contribution in [-0.4, -0.2) is 0 Å². The van der Waals surface area contributed by atoms with Crippen LogP contribution in [0.25, 0.3) is 64.0 Å². The summed E-state index contributed by atoms with van der Waals surface area (Å²) >= 11 is 1.83. The number of anilines is 6. The Morgan fingerprint density at radius 2 is 0.887 bits per heavy atom. The molecule has 53 heavy (non-hydrogen) atoms. The molecule has 0 radical (unpaired) electrons. The van der Waals surface area contributed by atoms with Gasteiger partial charge in [0.1, 0.15) is 22.3 Å². The minimum Gasteiger partial charge on any atom is -0.456 e. The molecule has 0 bridgehead atoms. The van der Waals surface area contributed by atoms with Crippen LogP contribution in [0.5, 0.6) is 0 Å². The number of nitrogens with zero attached hydrogens (tertiary/aromatic N) is 2. The summed E-state index contributed by atoms with van der Waals surface area (Å²) in [6.07, 6.45) is 0. The summed E-state index contributed by atoms with van der Waals surface area (Å²) in [5, 5.41) is 6.77. The van der Waals surface area contributed by atoms with Crippen molar-refractivity contribution in [2.24, 2.45) is 0 Å². The molecule has 0 aliphatic carbocycles. The number of furan rings is 2. The fraction of sp³-hybridized carbons (Fsp3) is 0. The zero-order valence-electron chi connectivity index (χ0n) is 28.4. The van der Waals surface area contributed by atoms with Crippen molar-refractivity contribution in [2.75, 3.05) is 9.80 Å². The van der Waals surface area contributed by atoms with Crippen molar-refractivity contribution in [3.05, 3.63) is 182 Å². The minimum absolute atomic E-state index is 0.851. The van der Waals surface area contributed by atoms with Crippen molar-refractivity contribution in [3.8, 4) is 0 Å². The molecular formula is C48H30N2O2S. The van der Waals surface area contributed by atoms with Crippen LogP contribution in [0.3, 0.4) is 0 Å². The van der Waals surface area contributed by atoms with Crippen LogP contribution in [0.2, 0.25) is 0 Å². The lowest BCUT2D eigenvalue weighted by molar-refractivity contribution is 0.669. The molecule has 3 heterocycles. The smallest absolute Gasteiger partial charge is 0.137 e. The van der Waals surface area contributed by atoms with Crippen LogP contribution in [0, 0.1) is 0 Å². The lowest BCUT2D eigenvalue weighted by Crippen LogP contribution is -2.11. The molecule has 0 aliphatic rings. The molecule has 0 aliphatic heterocycles. The molecule has 3 aromatic heterocycles. The summed E-state index contributed by atoms with van der Waals surface area (Å²) in [5.74, 6) is 0. The van der Waals surface area contributed by atoms with Gasteiger partial charge in [0.05, 0.1) is 16.8 Å². The Balaban J connectivity index is 1.20. The van der Waals surface area contributed by atoms with Gasteiger partial charge in [-0.15, -0.1) is 11.3 Å². The maximum atomic E-state index is 6.48. The predicted molar refractivity (Wildman–Crippen MR) is 223 cm³/mol. The summed E-state index contributed by atoms with van der Waals surface area (Å²) in [7, 11) is 0. The molecule has 8 aromatic carbocycles. The molecule has 4 nitrogen and oxygen atoms in total. The predicted octanol–water partition coefficient (Wildman–Crippen LogP) is 14.8. The fourth-order valence-electron chi connectivity index (χ4n) is 7.93. The molecule has 0 atom stereocenters. The summed E-state index contributed by atoms with van der Waals surface area (Å²) in [6, 6.07) is 64.2. The van der Waals surface area contributed by atoms with Gasteiger partial charge in [-0.3, -0.25) is 0 Å². The lowest BCUT2D eigenvalue weighted by Gasteiger charge is -2.27. The molecule has 0 unspecified atom stereocenters. The monoisotopic (exact) mass is 698 g/mol. The Kier molecular flexibility index (Phi) is 6.69. The normalized spacial score (nSPS) is 11.8. The number of fused-ring (bicyclic) bond motifs is 9. The highest BCUT2D eigenvalue weighted by atomic mass is 32.1. The van der Waals surface area contributed by atoms with Crippen molar-refractivity contribution in [2.45, 2.75) is 0 Å². The van der Waals surface area contributed by atoms with Gasteiger partial charge in [0.2, 0.25) is 0 Å². The summed E-state index contributed by atoms with van der Waals surface area (Å²) in [6.45, 7) is 0. The van der Waals surface area contributed by atoms with E-state index in [1.54, 1.807) is 0 Å². The van der Waals surface area contributed by atoms with Gasteiger partial charge in [0.15, 0.2) is 0 Å². The van der Waals surface area contributed by atoms with E-state index in [1.807, 2.05) is 35.6 Å². The van der Waals surface area contributed by atoms with Gasteiger partial charge >= 0.3 is 0 Å². The van der Waals surface area contributed by atoms with Crippen molar-refractivity contribution >= 4 is 110 Å². The van der Waals surface area contributed by atoms with E-state index in [0.29, 0.717) is 0 Å². The molecule has 11 aromatic rings. The molecule has 0 fully saturated rings. The first-order valence-electron chi connectivity index (χ1n) is 17.8. The van der Waals surface area contributed by atoms with Crippen molar-refractivity contribution < 1.29 is 8.83 Å². The quantitative estimate of drug-likeness (QED) is 0.173. The molecule has 0 N–H and O–H groups in total. The Bertz CT molecular complexity index is 3100. The standard InChI is InChI=1S/C48H30N2O2S/c1-3-13-31(14-4-1)49(32-15-5-2-6-16-32)33-26-28-45-38(29-33)48-40(20-12-24-46(48)53-45)50(34-25-27-36-35-17-7-9-21-41(35)52-44(36)30-34)39-19-11-23-43-47(39)37-18-8-10-22-42(37)51-43/h1-30H. The van der Waals surface area contributed by atoms with E-state index in [1.165, 1.54) is 20.2 Å². The Morgan fingerprint density at radius 1 is 0.321 bits per heavy atom. The summed E-state index contributed by atoms with van der Waals surface area (Å²) in [5.41, 5.74) is 9.91. The first kappa shape index (κ1) is 29.9. The van der Waals surface area contributed by atoms with Crippen molar-refractivity contribution in [3.63, 3.8) is 0 Å². The first-order chi connectivity index (χ1) is 26.3. The Hall–Kier alpha value is -6.82. The lowest BCUT2D eigenvalue weighted by atomic mass is 10.0. The molecule has 0 saturated heterocycles. The number of para-hydroxylation sites is 4. The van der Waals surface area contributed by atoms with E-state index in [9.17, 15) is 0 Å². The molecule has 0 saturated carbocycles. The van der Waals surface area contributed by atoms with Crippen LogP contribution < -0.4 is 9.80 Å². The highest BCUT2D eigenvalue weighted by Crippen LogP contribution is 2.49. The second-order valence-electron chi connectivity index (χ2n) is 13.3. The third kappa shape index (κ3) is 4.75. The Labute approximate surface area is 308 Å². The minimum atomic E-state index is 0.851. The van der Waals surface area contributed by atoms with Crippen molar-refractivity contribution in [1.82, 2.24) is 0 Å². The molecular weight excluding hydrogens is 669 g/mol. The fourth-order valence-corrected chi connectivity index (χ4v) is 9.03. The average Bonchev–Trinajstić information content (AvgIpc) is 3.90. The van der Waals surface area contributed by atoms with Crippen LogP contribution >= 0.6 is 11.3 Å². The molecule has 250 valence electrons. The van der Waals surface area contributed by atoms with Crippen molar-refractivity contribution in [1.29, 1.82) is 0 Å². The van der Waals surface area contributed by atoms with Gasteiger partial charge in [0.25, 0.3) is 0 Å². The van der Waals surface area contributed by atoms with Crippen LogP contribution in [0.4, 0.5) is 34.1 Å². The van der Waals surface area contributed by atoms with Gasteiger partial charge in [0, 0.05) is 65.1 Å². The van der Waals surface area contributed by atoms with Gasteiger partial charge in [-0.25, -0.2) is 0 Å². The van der Waals surface area contributed by atoms with Gasteiger partial charge < -0.3 is 18.6 Å². The first-order valence-corrected chi connectivity index (χ1v) is 18.6. The van der Waals surface area contributed by atoms with E-state index in [2.05, 4.69) is 168 Å². The Morgan fingerprint density at radius 3 is 1.66 bits per heavy atom. The number of benzene rings is 8. The van der Waals surface area contributed by atoms with Crippen LogP contribution in [0.1, 0.15) is 0 Å². The maximum absolute atomic E-state index is 6.48. The number of thiophene rings is 1. The van der Waals surface area contributed by atoms with Crippen LogP contribution in [-0.2, 0) is 0 Å². The number of hydrogen-bond donors (Lipinski definition) is 0. The topological polar surface area (TPSA) is 32.8 Å². The van der Waals surface area contributed by atoms with E-state index < -0.39 is 0 Å². The highest BCUT2D eigenvalue weighted by Gasteiger charge is 2.24. The van der Waals surface area contributed by atoms with Gasteiger partial charge in [-0.2, -0.15) is 0 Å². The average molecular weight is 699 g/mol. The van der Waals surface area contributed by atoms with Crippen LogP contribution in [0.15, 0.2) is 191 Å².